The summed E-state index contributed by atoms with van der Waals surface area (Å²) in [6, 6.07) is 8.19. The van der Waals surface area contributed by atoms with Gasteiger partial charge in [0.05, 0.1) is 5.75 Å². The van der Waals surface area contributed by atoms with E-state index in [2.05, 4.69) is 48.0 Å². The summed E-state index contributed by atoms with van der Waals surface area (Å²) < 4.78 is 26.3. The largest absolute Gasteiger partial charge is 0.357 e. The molecule has 0 heterocycles. The van der Waals surface area contributed by atoms with Crippen molar-refractivity contribution in [1.82, 2.24) is 14.9 Å². The van der Waals surface area contributed by atoms with Crippen molar-refractivity contribution in [3.8, 4) is 0 Å². The summed E-state index contributed by atoms with van der Waals surface area (Å²) in [7, 11) is -1.13. The molecule has 0 aliphatic carbocycles. The molecule has 0 atom stereocenters. The van der Waals surface area contributed by atoms with Gasteiger partial charge in [-0.3, -0.25) is 4.99 Å². The van der Waals surface area contributed by atoms with Crippen LogP contribution in [0.15, 0.2) is 33.7 Å². The van der Waals surface area contributed by atoms with E-state index in [4.69, 9.17) is 0 Å². The third kappa shape index (κ3) is 10.4. The molecule has 0 spiro atoms. The van der Waals surface area contributed by atoms with Crippen LogP contribution in [0.25, 0.3) is 0 Å². The second kappa shape index (κ2) is 12.9. The predicted octanol–water partition coefficient (Wildman–Crippen LogP) is 2.79. The minimum atomic E-state index is -3.12. The summed E-state index contributed by atoms with van der Waals surface area (Å²) in [4.78, 5) is 6.62. The number of nitrogens with one attached hydrogen (secondary N) is 2. The smallest absolute Gasteiger partial charge is 0.211 e. The van der Waals surface area contributed by atoms with Crippen LogP contribution in [0.1, 0.15) is 25.8 Å². The SMILES string of the molecule is CCNC(=NCCCNS(=O)(=O)CC)N(C)Cc1ccc(Br)cc1.I. The number of hydrogen-bond acceptors (Lipinski definition) is 3. The van der Waals surface area contributed by atoms with Crippen LogP contribution >= 0.6 is 39.9 Å². The van der Waals surface area contributed by atoms with Crippen LogP contribution in [0, 0.1) is 0 Å². The molecule has 1 aromatic carbocycles. The topological polar surface area (TPSA) is 73.8 Å². The van der Waals surface area contributed by atoms with Crippen LogP contribution in [0.5, 0.6) is 0 Å². The Balaban J connectivity index is 0.00000576. The Morgan fingerprint density at radius 3 is 2.44 bits per heavy atom. The highest BCUT2D eigenvalue weighted by Gasteiger charge is 2.07. The van der Waals surface area contributed by atoms with E-state index >= 15 is 0 Å². The summed E-state index contributed by atoms with van der Waals surface area (Å²) in [6.45, 7) is 6.17. The van der Waals surface area contributed by atoms with Crippen LogP contribution in [0.2, 0.25) is 0 Å². The molecule has 0 unspecified atom stereocenters. The zero-order valence-electron chi connectivity index (χ0n) is 15.0. The molecule has 6 nitrogen and oxygen atoms in total. The van der Waals surface area contributed by atoms with Crippen LogP contribution in [-0.2, 0) is 16.6 Å². The molecule has 0 bridgehead atoms. The van der Waals surface area contributed by atoms with Crippen molar-refractivity contribution in [3.63, 3.8) is 0 Å². The molecule has 25 heavy (non-hydrogen) atoms. The molecule has 0 radical (unpaired) electrons. The van der Waals surface area contributed by atoms with Crippen LogP contribution in [0.4, 0.5) is 0 Å². The molecule has 0 aliphatic rings. The number of guanidine groups is 1. The minimum absolute atomic E-state index is 0. The van der Waals surface area contributed by atoms with Crippen molar-refractivity contribution in [2.75, 3.05) is 32.4 Å². The summed E-state index contributed by atoms with van der Waals surface area (Å²) in [5.74, 6) is 0.924. The molecule has 9 heteroatoms. The monoisotopic (exact) mass is 546 g/mol. The van der Waals surface area contributed by atoms with Gasteiger partial charge in [-0.2, -0.15) is 0 Å². The van der Waals surface area contributed by atoms with E-state index in [0.29, 0.717) is 19.5 Å². The summed E-state index contributed by atoms with van der Waals surface area (Å²) >= 11 is 3.44. The standard InChI is InChI=1S/C16H27BrN4O2S.HI/c1-4-18-16(19-11-6-12-20-24(22,23)5-2)21(3)13-14-7-9-15(17)10-8-14;/h7-10,20H,4-6,11-13H2,1-3H3,(H,18,19);1H. The lowest BCUT2D eigenvalue weighted by atomic mass is 10.2. The highest BCUT2D eigenvalue weighted by Crippen LogP contribution is 2.11. The summed E-state index contributed by atoms with van der Waals surface area (Å²) in [5.41, 5.74) is 1.20. The lowest BCUT2D eigenvalue weighted by Crippen LogP contribution is -2.38. The third-order valence-electron chi connectivity index (χ3n) is 3.33. The maximum absolute atomic E-state index is 11.4. The van der Waals surface area contributed by atoms with Crippen molar-refractivity contribution in [2.45, 2.75) is 26.8 Å². The fourth-order valence-corrected chi connectivity index (χ4v) is 2.93. The van der Waals surface area contributed by atoms with Crippen molar-refractivity contribution >= 4 is 55.9 Å². The quantitative estimate of drug-likeness (QED) is 0.216. The average molecular weight is 547 g/mol. The fourth-order valence-electron chi connectivity index (χ4n) is 2.00. The predicted molar refractivity (Wildman–Crippen MR) is 119 cm³/mol. The number of aliphatic imine (C=N–C) groups is 1. The van der Waals surface area contributed by atoms with E-state index in [0.717, 1.165) is 23.5 Å². The Kier molecular flexibility index (Phi) is 12.7. The molecular weight excluding hydrogens is 519 g/mol. The molecule has 0 amide bonds. The van der Waals surface area contributed by atoms with E-state index in [-0.39, 0.29) is 29.7 Å². The van der Waals surface area contributed by atoms with Gasteiger partial charge in [-0.1, -0.05) is 28.1 Å². The fraction of sp³-hybridized carbons (Fsp3) is 0.562. The van der Waals surface area contributed by atoms with Crippen molar-refractivity contribution < 1.29 is 8.42 Å². The molecule has 1 rings (SSSR count). The second-order valence-electron chi connectivity index (χ2n) is 5.37. The zero-order valence-corrected chi connectivity index (χ0v) is 19.7. The second-order valence-corrected chi connectivity index (χ2v) is 8.38. The van der Waals surface area contributed by atoms with Gasteiger partial charge in [0.1, 0.15) is 0 Å². The maximum Gasteiger partial charge on any atom is 0.211 e. The van der Waals surface area contributed by atoms with E-state index in [1.807, 2.05) is 26.1 Å². The van der Waals surface area contributed by atoms with E-state index in [1.165, 1.54) is 5.56 Å². The van der Waals surface area contributed by atoms with Crippen molar-refractivity contribution in [1.29, 1.82) is 0 Å². The van der Waals surface area contributed by atoms with Gasteiger partial charge < -0.3 is 10.2 Å². The van der Waals surface area contributed by atoms with Gasteiger partial charge in [0.25, 0.3) is 0 Å². The zero-order chi connectivity index (χ0) is 18.0. The molecule has 0 saturated carbocycles. The summed E-state index contributed by atoms with van der Waals surface area (Å²) in [5, 5.41) is 3.26. The highest BCUT2D eigenvalue weighted by atomic mass is 127. The normalized spacial score (nSPS) is 11.8. The van der Waals surface area contributed by atoms with Gasteiger partial charge >= 0.3 is 0 Å². The van der Waals surface area contributed by atoms with Gasteiger partial charge in [0.2, 0.25) is 10.0 Å². The van der Waals surface area contributed by atoms with Gasteiger partial charge in [-0.15, -0.1) is 24.0 Å². The van der Waals surface area contributed by atoms with Gasteiger partial charge in [0, 0.05) is 37.7 Å². The number of benzene rings is 1. The van der Waals surface area contributed by atoms with E-state index in [9.17, 15) is 8.42 Å². The maximum atomic E-state index is 11.4. The number of nitrogens with zero attached hydrogens (tertiary/aromatic N) is 2. The molecule has 0 fully saturated rings. The molecule has 0 aliphatic heterocycles. The lowest BCUT2D eigenvalue weighted by Gasteiger charge is -2.22. The number of halogens is 2. The van der Waals surface area contributed by atoms with Crippen LogP contribution in [-0.4, -0.2) is 51.7 Å². The first-order valence-electron chi connectivity index (χ1n) is 8.09. The molecular formula is C16H28BrIN4O2S. The number of rotatable bonds is 9. The Morgan fingerprint density at radius 1 is 1.24 bits per heavy atom. The molecule has 1 aromatic rings. The Labute approximate surface area is 177 Å². The Morgan fingerprint density at radius 2 is 1.88 bits per heavy atom. The van der Waals surface area contributed by atoms with Gasteiger partial charge in [-0.25, -0.2) is 13.1 Å². The molecule has 2 N–H and O–H groups in total. The number of sulfonamides is 1. The van der Waals surface area contributed by atoms with Gasteiger partial charge in [-0.05, 0) is 38.0 Å². The van der Waals surface area contributed by atoms with E-state index < -0.39 is 10.0 Å². The Bertz CT molecular complexity index is 624. The number of hydrogen-bond donors (Lipinski definition) is 2. The first-order valence-corrected chi connectivity index (χ1v) is 10.5. The highest BCUT2D eigenvalue weighted by molar-refractivity contribution is 14.0. The molecule has 0 saturated heterocycles. The lowest BCUT2D eigenvalue weighted by molar-refractivity contribution is 0.476. The molecule has 144 valence electrons. The first-order chi connectivity index (χ1) is 11.4. The van der Waals surface area contributed by atoms with Crippen molar-refractivity contribution in [3.05, 3.63) is 34.3 Å². The minimum Gasteiger partial charge on any atom is -0.357 e. The summed E-state index contributed by atoms with van der Waals surface area (Å²) in [6.07, 6.45) is 0.667. The van der Waals surface area contributed by atoms with Gasteiger partial charge in [0.15, 0.2) is 5.96 Å². The first kappa shape index (κ1) is 24.6. The molecule has 0 aromatic heterocycles. The van der Waals surface area contributed by atoms with Crippen molar-refractivity contribution in [2.24, 2.45) is 4.99 Å². The Hall–Kier alpha value is -0.390. The van der Waals surface area contributed by atoms with Crippen LogP contribution in [0.3, 0.4) is 0 Å². The average Bonchev–Trinajstić information content (AvgIpc) is 2.55. The third-order valence-corrected chi connectivity index (χ3v) is 5.26. The van der Waals surface area contributed by atoms with Crippen LogP contribution < -0.4 is 10.0 Å². The van der Waals surface area contributed by atoms with E-state index in [1.54, 1.807) is 6.92 Å².